The van der Waals surface area contributed by atoms with Gasteiger partial charge in [0.15, 0.2) is 0 Å². The molecule has 0 N–H and O–H groups in total. The van der Waals surface area contributed by atoms with Crippen LogP contribution in [0.25, 0.3) is 0 Å². The lowest BCUT2D eigenvalue weighted by molar-refractivity contribution is 0.0331. The Kier molecular flexibility index (Phi) is 5.27. The highest BCUT2D eigenvalue weighted by atomic mass is 32.1. The fourth-order valence-electron chi connectivity index (χ4n) is 4.68. The number of hydrogen-bond donors (Lipinski definition) is 0. The molecule has 2 fully saturated rings. The molecule has 2 aliphatic rings. The van der Waals surface area contributed by atoms with Crippen molar-refractivity contribution in [1.29, 1.82) is 0 Å². The van der Waals surface area contributed by atoms with E-state index in [0.29, 0.717) is 11.3 Å². The van der Waals surface area contributed by atoms with Crippen molar-refractivity contribution in [3.63, 3.8) is 0 Å². The van der Waals surface area contributed by atoms with Crippen LogP contribution in [-0.2, 0) is 17.8 Å². The third kappa shape index (κ3) is 3.85. The molecule has 4 nitrogen and oxygen atoms in total. The van der Waals surface area contributed by atoms with Gasteiger partial charge in [0, 0.05) is 32.7 Å². The zero-order valence-corrected chi connectivity index (χ0v) is 15.8. The summed E-state index contributed by atoms with van der Waals surface area (Å²) in [6, 6.07) is 6.32. The number of hydrogen-bond acceptors (Lipinski definition) is 5. The topological polar surface area (TPSA) is 28.9 Å². The highest BCUT2D eigenvalue weighted by molar-refractivity contribution is 7.07. The van der Waals surface area contributed by atoms with Gasteiger partial charge in [-0.25, -0.2) is 0 Å². The maximum atomic E-state index is 5.60. The summed E-state index contributed by atoms with van der Waals surface area (Å²) >= 11 is 1.80. The SMILES string of the molecule is COC[C@H]1CN(Cc2ccsc2)CC12CCN(Cc1ccco1)CC2. The van der Waals surface area contributed by atoms with E-state index in [9.17, 15) is 0 Å². The van der Waals surface area contributed by atoms with Crippen LogP contribution in [0.5, 0.6) is 0 Å². The summed E-state index contributed by atoms with van der Waals surface area (Å²) < 4.78 is 11.1. The van der Waals surface area contributed by atoms with Crippen LogP contribution < -0.4 is 0 Å². The van der Waals surface area contributed by atoms with E-state index in [1.54, 1.807) is 17.6 Å². The lowest BCUT2D eigenvalue weighted by Gasteiger charge is -2.42. The van der Waals surface area contributed by atoms with Gasteiger partial charge < -0.3 is 9.15 Å². The molecule has 4 rings (SSSR count). The Bertz CT molecular complexity index is 633. The minimum absolute atomic E-state index is 0.422. The minimum atomic E-state index is 0.422. The van der Waals surface area contributed by atoms with Crippen molar-refractivity contribution in [3.8, 4) is 0 Å². The van der Waals surface area contributed by atoms with Crippen molar-refractivity contribution in [1.82, 2.24) is 9.80 Å². The predicted molar refractivity (Wildman–Crippen MR) is 101 cm³/mol. The van der Waals surface area contributed by atoms with Crippen molar-refractivity contribution in [3.05, 3.63) is 46.5 Å². The molecule has 5 heteroatoms. The summed E-state index contributed by atoms with van der Waals surface area (Å²) in [7, 11) is 1.85. The summed E-state index contributed by atoms with van der Waals surface area (Å²) in [5, 5.41) is 4.46. The van der Waals surface area contributed by atoms with Crippen LogP contribution in [0.1, 0.15) is 24.2 Å². The zero-order chi connectivity index (χ0) is 17.1. The first kappa shape index (κ1) is 17.3. The molecular weight excluding hydrogens is 332 g/mol. The van der Waals surface area contributed by atoms with Gasteiger partial charge >= 0.3 is 0 Å². The summed E-state index contributed by atoms with van der Waals surface area (Å²) in [6.45, 7) is 7.62. The van der Waals surface area contributed by atoms with E-state index in [1.807, 2.05) is 13.2 Å². The maximum Gasteiger partial charge on any atom is 0.117 e. The smallest absolute Gasteiger partial charge is 0.117 e. The second kappa shape index (κ2) is 7.62. The molecule has 4 heterocycles. The molecular formula is C20H28N2O2S. The first-order valence-corrected chi connectivity index (χ1v) is 10.2. The van der Waals surface area contributed by atoms with Gasteiger partial charge in [-0.1, -0.05) is 0 Å². The summed E-state index contributed by atoms with van der Waals surface area (Å²) in [5.41, 5.74) is 1.87. The fraction of sp³-hybridized carbons (Fsp3) is 0.600. The Morgan fingerprint density at radius 2 is 2.12 bits per heavy atom. The largest absolute Gasteiger partial charge is 0.468 e. The predicted octanol–water partition coefficient (Wildman–Crippen LogP) is 3.70. The van der Waals surface area contributed by atoms with Gasteiger partial charge in [0.05, 0.1) is 19.4 Å². The van der Waals surface area contributed by atoms with Crippen LogP contribution in [0.3, 0.4) is 0 Å². The third-order valence-electron chi connectivity index (χ3n) is 6.05. The Labute approximate surface area is 154 Å². The highest BCUT2D eigenvalue weighted by Crippen LogP contribution is 2.45. The molecule has 1 atom stereocenters. The van der Waals surface area contributed by atoms with Crippen molar-refractivity contribution in [2.24, 2.45) is 11.3 Å². The number of likely N-dealkylation sites (tertiary alicyclic amines) is 2. The number of rotatable bonds is 6. The van der Waals surface area contributed by atoms with Gasteiger partial charge in [-0.05, 0) is 65.9 Å². The molecule has 25 heavy (non-hydrogen) atoms. The molecule has 136 valence electrons. The van der Waals surface area contributed by atoms with Crippen molar-refractivity contribution in [2.45, 2.75) is 25.9 Å². The number of ether oxygens (including phenoxy) is 1. The van der Waals surface area contributed by atoms with Crippen molar-refractivity contribution in [2.75, 3.05) is 39.9 Å². The molecule has 1 spiro atoms. The average Bonchev–Trinajstić information content (AvgIpc) is 3.34. The first-order chi connectivity index (χ1) is 12.3. The van der Waals surface area contributed by atoms with Crippen molar-refractivity contribution >= 4 is 11.3 Å². The van der Waals surface area contributed by atoms with Gasteiger partial charge in [-0.2, -0.15) is 11.3 Å². The van der Waals surface area contributed by atoms with Gasteiger partial charge in [0.1, 0.15) is 5.76 Å². The summed E-state index contributed by atoms with van der Waals surface area (Å²) in [4.78, 5) is 5.18. The molecule has 0 radical (unpaired) electrons. The Morgan fingerprint density at radius 1 is 1.24 bits per heavy atom. The molecule has 2 saturated heterocycles. The number of nitrogens with zero attached hydrogens (tertiary/aromatic N) is 2. The second-order valence-electron chi connectivity index (χ2n) is 7.67. The molecule has 0 aliphatic carbocycles. The standard InChI is InChI=1S/C20H28N2O2S/c1-23-14-18-12-22(11-17-4-10-25-15-17)16-20(18)5-7-21(8-6-20)13-19-3-2-9-24-19/h2-4,9-10,15,18H,5-8,11-14,16H2,1H3/t18-/m1/s1. The van der Waals surface area contributed by atoms with E-state index in [1.165, 1.54) is 31.5 Å². The van der Waals surface area contributed by atoms with Gasteiger partial charge in [0.2, 0.25) is 0 Å². The van der Waals surface area contributed by atoms with E-state index in [2.05, 4.69) is 32.7 Å². The quantitative estimate of drug-likeness (QED) is 0.785. The van der Waals surface area contributed by atoms with E-state index < -0.39 is 0 Å². The van der Waals surface area contributed by atoms with Crippen LogP contribution >= 0.6 is 11.3 Å². The fourth-order valence-corrected chi connectivity index (χ4v) is 5.34. The average molecular weight is 361 g/mol. The summed E-state index contributed by atoms with van der Waals surface area (Å²) in [6.07, 6.45) is 4.30. The van der Waals surface area contributed by atoms with Crippen molar-refractivity contribution < 1.29 is 9.15 Å². The Balaban J connectivity index is 1.38. The normalized spacial score (nSPS) is 24.3. The van der Waals surface area contributed by atoms with Crippen LogP contribution in [0.4, 0.5) is 0 Å². The van der Waals surface area contributed by atoms with E-state index in [4.69, 9.17) is 9.15 Å². The molecule has 2 aromatic heterocycles. The molecule has 0 saturated carbocycles. The maximum absolute atomic E-state index is 5.60. The lowest BCUT2D eigenvalue weighted by Crippen LogP contribution is -2.44. The lowest BCUT2D eigenvalue weighted by atomic mass is 9.71. The number of furan rings is 1. The van der Waals surface area contributed by atoms with E-state index in [0.717, 1.165) is 38.5 Å². The second-order valence-corrected chi connectivity index (χ2v) is 8.45. The molecule has 0 unspecified atom stereocenters. The van der Waals surface area contributed by atoms with Crippen LogP contribution in [0.15, 0.2) is 39.6 Å². The van der Waals surface area contributed by atoms with E-state index in [-0.39, 0.29) is 0 Å². The monoisotopic (exact) mass is 360 g/mol. The molecule has 2 aromatic rings. The van der Waals surface area contributed by atoms with Gasteiger partial charge in [-0.15, -0.1) is 0 Å². The first-order valence-electron chi connectivity index (χ1n) is 9.24. The molecule has 0 amide bonds. The van der Waals surface area contributed by atoms with E-state index >= 15 is 0 Å². The Hall–Kier alpha value is -1.14. The van der Waals surface area contributed by atoms with Crippen LogP contribution in [-0.4, -0.2) is 49.7 Å². The minimum Gasteiger partial charge on any atom is -0.468 e. The van der Waals surface area contributed by atoms with Crippen LogP contribution in [0, 0.1) is 11.3 Å². The van der Waals surface area contributed by atoms with Gasteiger partial charge in [-0.3, -0.25) is 9.80 Å². The molecule has 2 aliphatic heterocycles. The highest BCUT2D eigenvalue weighted by Gasteiger charge is 2.47. The number of methoxy groups -OCH3 is 1. The Morgan fingerprint density at radius 3 is 2.80 bits per heavy atom. The molecule has 0 bridgehead atoms. The summed E-state index contributed by atoms with van der Waals surface area (Å²) in [5.74, 6) is 1.73. The molecule has 0 aromatic carbocycles. The number of thiophene rings is 1. The third-order valence-corrected chi connectivity index (χ3v) is 6.78. The number of piperidine rings is 1. The van der Waals surface area contributed by atoms with Crippen LogP contribution in [0.2, 0.25) is 0 Å². The zero-order valence-electron chi connectivity index (χ0n) is 15.0. The van der Waals surface area contributed by atoms with Gasteiger partial charge in [0.25, 0.3) is 0 Å².